The summed E-state index contributed by atoms with van der Waals surface area (Å²) in [5, 5.41) is 3.60. The first kappa shape index (κ1) is 16.7. The van der Waals surface area contributed by atoms with Crippen LogP contribution in [-0.4, -0.2) is 26.1 Å². The Kier molecular flexibility index (Phi) is 5.26. The Labute approximate surface area is 147 Å². The van der Waals surface area contributed by atoms with Crippen molar-refractivity contribution in [1.29, 1.82) is 0 Å². The fourth-order valence-electron chi connectivity index (χ4n) is 3.04. The number of carbonyl (C=O) groups excluding carboxylic acids is 1. The molecule has 0 atom stereocenters. The second-order valence-electron chi connectivity index (χ2n) is 5.86. The highest BCUT2D eigenvalue weighted by atomic mass is 35.5. The summed E-state index contributed by atoms with van der Waals surface area (Å²) in [6.07, 6.45) is 3.60. The third kappa shape index (κ3) is 3.65. The fourth-order valence-corrected chi connectivity index (χ4v) is 3.21. The number of ether oxygens (including phenoxy) is 1. The first-order valence-electron chi connectivity index (χ1n) is 8.18. The fraction of sp³-hybridized carbons (Fsp3) is 0.316. The van der Waals surface area contributed by atoms with E-state index in [9.17, 15) is 4.79 Å². The maximum Gasteiger partial charge on any atom is 0.259 e. The predicted molar refractivity (Wildman–Crippen MR) is 98.5 cm³/mol. The summed E-state index contributed by atoms with van der Waals surface area (Å²) < 4.78 is 5.28. The van der Waals surface area contributed by atoms with E-state index in [1.54, 1.807) is 25.3 Å². The minimum Gasteiger partial charge on any atom is -0.496 e. The zero-order valence-corrected chi connectivity index (χ0v) is 14.5. The monoisotopic (exact) mass is 344 g/mol. The van der Waals surface area contributed by atoms with Crippen LogP contribution in [0, 0.1) is 0 Å². The molecule has 1 fully saturated rings. The van der Waals surface area contributed by atoms with Gasteiger partial charge in [0.25, 0.3) is 5.91 Å². The second-order valence-corrected chi connectivity index (χ2v) is 6.30. The van der Waals surface area contributed by atoms with Crippen LogP contribution >= 0.6 is 11.6 Å². The molecule has 24 heavy (non-hydrogen) atoms. The van der Waals surface area contributed by atoms with E-state index in [1.807, 2.05) is 24.3 Å². The van der Waals surface area contributed by atoms with Crippen molar-refractivity contribution in [2.75, 3.05) is 30.4 Å². The Balaban J connectivity index is 1.88. The Morgan fingerprint density at radius 1 is 1.12 bits per heavy atom. The molecule has 0 unspecified atom stereocenters. The van der Waals surface area contributed by atoms with Crippen molar-refractivity contribution in [3.8, 4) is 5.75 Å². The Morgan fingerprint density at radius 3 is 2.62 bits per heavy atom. The molecule has 0 bridgehead atoms. The van der Waals surface area contributed by atoms with Gasteiger partial charge in [-0.15, -0.1) is 0 Å². The standard InChI is InChI=1S/C19H21ClN2O2/c1-24-18-8-4-3-7-15(18)19(23)21-16-13-14(20)9-10-17(16)22-11-5-2-6-12-22/h3-4,7-10,13H,2,5-6,11-12H2,1H3,(H,21,23). The van der Waals surface area contributed by atoms with Gasteiger partial charge in [-0.2, -0.15) is 0 Å². The number of piperidine rings is 1. The molecule has 4 nitrogen and oxygen atoms in total. The van der Waals surface area contributed by atoms with Gasteiger partial charge in [0.1, 0.15) is 5.75 Å². The molecule has 1 aliphatic heterocycles. The SMILES string of the molecule is COc1ccccc1C(=O)Nc1cc(Cl)ccc1N1CCCCC1. The zero-order valence-electron chi connectivity index (χ0n) is 13.7. The minimum atomic E-state index is -0.201. The number of halogens is 1. The van der Waals surface area contributed by atoms with E-state index in [1.165, 1.54) is 19.3 Å². The molecule has 1 amide bonds. The minimum absolute atomic E-state index is 0.201. The van der Waals surface area contributed by atoms with Gasteiger partial charge < -0.3 is 15.0 Å². The summed E-state index contributed by atoms with van der Waals surface area (Å²) >= 11 is 6.15. The zero-order chi connectivity index (χ0) is 16.9. The number of rotatable bonds is 4. The van der Waals surface area contributed by atoms with Gasteiger partial charge in [-0.3, -0.25) is 4.79 Å². The van der Waals surface area contributed by atoms with Crippen LogP contribution in [0.3, 0.4) is 0 Å². The van der Waals surface area contributed by atoms with Gasteiger partial charge in [0.15, 0.2) is 0 Å². The summed E-state index contributed by atoms with van der Waals surface area (Å²) in [6, 6.07) is 12.8. The molecular weight excluding hydrogens is 324 g/mol. The molecule has 2 aromatic rings. The third-order valence-electron chi connectivity index (χ3n) is 4.26. The first-order chi connectivity index (χ1) is 11.7. The van der Waals surface area contributed by atoms with E-state index in [0.717, 1.165) is 24.5 Å². The van der Waals surface area contributed by atoms with Crippen LogP contribution in [-0.2, 0) is 0 Å². The van der Waals surface area contributed by atoms with Gasteiger partial charge in [-0.1, -0.05) is 23.7 Å². The second kappa shape index (κ2) is 7.58. The van der Waals surface area contributed by atoms with Gasteiger partial charge in [-0.25, -0.2) is 0 Å². The Bertz CT molecular complexity index is 727. The van der Waals surface area contributed by atoms with Crippen LogP contribution in [0.2, 0.25) is 5.02 Å². The normalized spacial score (nSPS) is 14.3. The summed E-state index contributed by atoms with van der Waals surface area (Å²) in [5.74, 6) is 0.351. The van der Waals surface area contributed by atoms with Crippen LogP contribution in [0.25, 0.3) is 0 Å². The maximum atomic E-state index is 12.7. The molecule has 126 valence electrons. The number of benzene rings is 2. The number of nitrogens with one attached hydrogen (secondary N) is 1. The number of hydrogen-bond acceptors (Lipinski definition) is 3. The van der Waals surface area contributed by atoms with Gasteiger partial charge in [-0.05, 0) is 49.6 Å². The van der Waals surface area contributed by atoms with Crippen molar-refractivity contribution in [2.45, 2.75) is 19.3 Å². The highest BCUT2D eigenvalue weighted by Gasteiger charge is 2.18. The van der Waals surface area contributed by atoms with Gasteiger partial charge in [0.2, 0.25) is 0 Å². The Morgan fingerprint density at radius 2 is 1.88 bits per heavy atom. The molecule has 0 aromatic heterocycles. The van der Waals surface area contributed by atoms with Crippen LogP contribution in [0.15, 0.2) is 42.5 Å². The van der Waals surface area contributed by atoms with Crippen LogP contribution < -0.4 is 15.0 Å². The topological polar surface area (TPSA) is 41.6 Å². The lowest BCUT2D eigenvalue weighted by molar-refractivity contribution is 0.102. The lowest BCUT2D eigenvalue weighted by Crippen LogP contribution is -2.30. The van der Waals surface area contributed by atoms with Gasteiger partial charge in [0, 0.05) is 18.1 Å². The van der Waals surface area contributed by atoms with Crippen LogP contribution in [0.5, 0.6) is 5.75 Å². The molecule has 1 heterocycles. The third-order valence-corrected chi connectivity index (χ3v) is 4.49. The van der Waals surface area contributed by atoms with Crippen molar-refractivity contribution in [2.24, 2.45) is 0 Å². The largest absolute Gasteiger partial charge is 0.496 e. The summed E-state index contributed by atoms with van der Waals surface area (Å²) in [4.78, 5) is 15.0. The van der Waals surface area contributed by atoms with Crippen molar-refractivity contribution >= 4 is 28.9 Å². The lowest BCUT2D eigenvalue weighted by Gasteiger charge is -2.30. The number of methoxy groups -OCH3 is 1. The summed E-state index contributed by atoms with van der Waals surface area (Å²) in [7, 11) is 1.56. The summed E-state index contributed by atoms with van der Waals surface area (Å²) in [5.41, 5.74) is 2.26. The van der Waals surface area contributed by atoms with E-state index >= 15 is 0 Å². The van der Waals surface area contributed by atoms with E-state index < -0.39 is 0 Å². The Hall–Kier alpha value is -2.20. The quantitative estimate of drug-likeness (QED) is 0.881. The maximum absolute atomic E-state index is 12.7. The molecule has 0 saturated carbocycles. The lowest BCUT2D eigenvalue weighted by atomic mass is 10.1. The van der Waals surface area contributed by atoms with E-state index in [0.29, 0.717) is 16.3 Å². The van der Waals surface area contributed by atoms with Crippen molar-refractivity contribution in [1.82, 2.24) is 0 Å². The number of anilines is 2. The number of nitrogens with zero attached hydrogens (tertiary/aromatic N) is 1. The number of amides is 1. The van der Waals surface area contributed by atoms with Gasteiger partial charge >= 0.3 is 0 Å². The van der Waals surface area contributed by atoms with Crippen molar-refractivity contribution in [3.05, 3.63) is 53.1 Å². The molecule has 1 saturated heterocycles. The molecule has 0 spiro atoms. The van der Waals surface area contributed by atoms with E-state index in [4.69, 9.17) is 16.3 Å². The van der Waals surface area contributed by atoms with Crippen molar-refractivity contribution < 1.29 is 9.53 Å². The van der Waals surface area contributed by atoms with Crippen molar-refractivity contribution in [3.63, 3.8) is 0 Å². The number of hydrogen-bond donors (Lipinski definition) is 1. The predicted octanol–water partition coefficient (Wildman–Crippen LogP) is 4.59. The van der Waals surface area contributed by atoms with E-state index in [-0.39, 0.29) is 5.91 Å². The smallest absolute Gasteiger partial charge is 0.259 e. The molecular formula is C19H21ClN2O2. The van der Waals surface area contributed by atoms with E-state index in [2.05, 4.69) is 10.2 Å². The van der Waals surface area contributed by atoms with Crippen LogP contribution in [0.4, 0.5) is 11.4 Å². The first-order valence-corrected chi connectivity index (χ1v) is 8.55. The molecule has 1 aliphatic rings. The van der Waals surface area contributed by atoms with Crippen LogP contribution in [0.1, 0.15) is 29.6 Å². The molecule has 5 heteroatoms. The van der Waals surface area contributed by atoms with Gasteiger partial charge in [0.05, 0.1) is 24.0 Å². The summed E-state index contributed by atoms with van der Waals surface area (Å²) in [6.45, 7) is 2.00. The molecule has 3 rings (SSSR count). The average molecular weight is 345 g/mol. The molecule has 1 N–H and O–H groups in total. The number of carbonyl (C=O) groups is 1. The number of para-hydroxylation sites is 1. The highest BCUT2D eigenvalue weighted by molar-refractivity contribution is 6.31. The molecule has 0 radical (unpaired) electrons. The average Bonchev–Trinajstić information content (AvgIpc) is 2.62. The highest BCUT2D eigenvalue weighted by Crippen LogP contribution is 2.32. The molecule has 0 aliphatic carbocycles. The molecule has 2 aromatic carbocycles.